The van der Waals surface area contributed by atoms with Gasteiger partial charge in [-0.3, -0.25) is 9.78 Å². The lowest BCUT2D eigenvalue weighted by Crippen LogP contribution is -2.46. The summed E-state index contributed by atoms with van der Waals surface area (Å²) in [5, 5.41) is 16.8. The van der Waals surface area contributed by atoms with Crippen LogP contribution < -0.4 is 10.6 Å². The fourth-order valence-electron chi connectivity index (χ4n) is 3.03. The van der Waals surface area contributed by atoms with E-state index < -0.39 is 0 Å². The quantitative estimate of drug-likeness (QED) is 0.623. The second-order valence-corrected chi connectivity index (χ2v) is 8.75. The summed E-state index contributed by atoms with van der Waals surface area (Å²) in [6, 6.07) is 2.30. The maximum Gasteiger partial charge on any atom is 0.255 e. The smallest absolute Gasteiger partial charge is 0.255 e. The van der Waals surface area contributed by atoms with Crippen molar-refractivity contribution in [1.29, 1.82) is 0 Å². The molecule has 3 aromatic heterocycles. The van der Waals surface area contributed by atoms with Gasteiger partial charge in [-0.05, 0) is 32.8 Å². The Labute approximate surface area is 159 Å². The minimum absolute atomic E-state index is 0.0373. The fraction of sp³-hybridized carbons (Fsp3) is 0.389. The van der Waals surface area contributed by atoms with Crippen LogP contribution in [0.5, 0.6) is 0 Å². The lowest BCUT2D eigenvalue weighted by molar-refractivity contribution is 0.0563. The van der Waals surface area contributed by atoms with E-state index in [1.165, 1.54) is 0 Å². The highest BCUT2D eigenvalue weighted by Crippen LogP contribution is 2.39. The average molecular weight is 389 g/mol. The Morgan fingerprint density at radius 2 is 2.12 bits per heavy atom. The lowest BCUT2D eigenvalue weighted by Gasteiger charge is -2.32. The van der Waals surface area contributed by atoms with E-state index in [-0.39, 0.29) is 24.1 Å². The molecule has 0 aliphatic heterocycles. The van der Waals surface area contributed by atoms with Gasteiger partial charge in [0, 0.05) is 34.7 Å². The molecule has 0 atom stereocenters. The molecule has 1 aliphatic rings. The number of anilines is 1. The van der Waals surface area contributed by atoms with E-state index >= 15 is 0 Å². The molecule has 1 amide bonds. The summed E-state index contributed by atoms with van der Waals surface area (Å²) in [7, 11) is 0. The second-order valence-electron chi connectivity index (χ2n) is 6.84. The van der Waals surface area contributed by atoms with Crippen molar-refractivity contribution in [2.24, 2.45) is 0 Å². The molecule has 0 aromatic carbocycles. The van der Waals surface area contributed by atoms with Gasteiger partial charge in [0.05, 0.1) is 27.7 Å². The normalized spacial score (nSPS) is 19.5. The number of aromatic nitrogens is 2. The standard InChI is InChI=1S/C18H20N4O2S2/c1-9(2)21-16-12-5-14(15-7-19-8-25-15)26-18(12)20-6-13(16)17(24)22-10-3-11(23)4-10/h5-11,23H,3-4H2,1-2H3,(H,20,21)(H,22,24). The van der Waals surface area contributed by atoms with Crippen LogP contribution in [-0.2, 0) is 0 Å². The Kier molecular flexibility index (Phi) is 4.64. The summed E-state index contributed by atoms with van der Waals surface area (Å²) in [4.78, 5) is 24.5. The molecule has 136 valence electrons. The van der Waals surface area contributed by atoms with Gasteiger partial charge in [0.1, 0.15) is 4.83 Å². The molecule has 0 spiro atoms. The Morgan fingerprint density at radius 1 is 1.31 bits per heavy atom. The van der Waals surface area contributed by atoms with Gasteiger partial charge in [0.25, 0.3) is 5.91 Å². The Balaban J connectivity index is 1.73. The zero-order valence-electron chi connectivity index (χ0n) is 14.5. The predicted octanol–water partition coefficient (Wildman–Crippen LogP) is 3.49. The van der Waals surface area contributed by atoms with Crippen molar-refractivity contribution in [2.75, 3.05) is 5.32 Å². The van der Waals surface area contributed by atoms with E-state index in [4.69, 9.17) is 0 Å². The van der Waals surface area contributed by atoms with Gasteiger partial charge in [0.15, 0.2) is 0 Å². The monoisotopic (exact) mass is 388 g/mol. The number of thiophene rings is 1. The third-order valence-electron chi connectivity index (χ3n) is 4.36. The van der Waals surface area contributed by atoms with Crippen LogP contribution in [0.4, 0.5) is 5.69 Å². The molecular formula is C18H20N4O2S2. The first-order chi connectivity index (χ1) is 12.5. The number of aliphatic hydroxyl groups excluding tert-OH is 1. The van der Waals surface area contributed by atoms with Gasteiger partial charge in [-0.1, -0.05) is 0 Å². The molecule has 1 saturated carbocycles. The molecule has 1 fully saturated rings. The van der Waals surface area contributed by atoms with E-state index in [2.05, 4.69) is 26.7 Å². The van der Waals surface area contributed by atoms with Crippen LogP contribution in [0.25, 0.3) is 20.0 Å². The van der Waals surface area contributed by atoms with Gasteiger partial charge in [-0.25, -0.2) is 4.98 Å². The largest absolute Gasteiger partial charge is 0.393 e. The minimum Gasteiger partial charge on any atom is -0.393 e. The SMILES string of the molecule is CC(C)Nc1c(C(=O)NC2CC(O)C2)cnc2sc(-c3cncs3)cc12. The zero-order valence-corrected chi connectivity index (χ0v) is 16.2. The van der Waals surface area contributed by atoms with Gasteiger partial charge in [-0.2, -0.15) is 0 Å². The summed E-state index contributed by atoms with van der Waals surface area (Å²) in [5.74, 6) is -0.148. The number of hydrogen-bond donors (Lipinski definition) is 3. The van der Waals surface area contributed by atoms with Crippen LogP contribution in [0.3, 0.4) is 0 Å². The van der Waals surface area contributed by atoms with E-state index in [0.29, 0.717) is 18.4 Å². The molecular weight excluding hydrogens is 368 g/mol. The van der Waals surface area contributed by atoms with Crippen molar-refractivity contribution in [2.45, 2.75) is 44.9 Å². The minimum atomic E-state index is -0.298. The molecule has 3 N–H and O–H groups in total. The third-order valence-corrected chi connectivity index (χ3v) is 6.38. The van der Waals surface area contributed by atoms with Crippen LogP contribution >= 0.6 is 22.7 Å². The number of aliphatic hydroxyl groups is 1. The number of thiazole rings is 1. The highest BCUT2D eigenvalue weighted by molar-refractivity contribution is 7.25. The van der Waals surface area contributed by atoms with Crippen LogP contribution in [0, 0.1) is 0 Å². The van der Waals surface area contributed by atoms with Crippen LogP contribution in [-0.4, -0.2) is 39.2 Å². The van der Waals surface area contributed by atoms with E-state index in [0.717, 1.165) is 25.7 Å². The number of fused-ring (bicyclic) bond motifs is 1. The maximum atomic E-state index is 12.8. The summed E-state index contributed by atoms with van der Waals surface area (Å²) in [6.07, 6.45) is 4.42. The van der Waals surface area contributed by atoms with Gasteiger partial charge in [-0.15, -0.1) is 22.7 Å². The summed E-state index contributed by atoms with van der Waals surface area (Å²) >= 11 is 3.19. The van der Waals surface area contributed by atoms with Gasteiger partial charge >= 0.3 is 0 Å². The first-order valence-electron chi connectivity index (χ1n) is 8.58. The van der Waals surface area contributed by atoms with Crippen LogP contribution in [0.2, 0.25) is 0 Å². The number of carbonyl (C=O) groups excluding carboxylic acids is 1. The maximum absolute atomic E-state index is 12.8. The second kappa shape index (κ2) is 6.94. The molecule has 0 saturated heterocycles. The molecule has 6 nitrogen and oxygen atoms in total. The average Bonchev–Trinajstić information content (AvgIpc) is 3.22. The number of amides is 1. The van der Waals surface area contributed by atoms with Crippen molar-refractivity contribution >= 4 is 44.5 Å². The topological polar surface area (TPSA) is 87.1 Å². The third kappa shape index (κ3) is 3.32. The zero-order chi connectivity index (χ0) is 18.3. The molecule has 26 heavy (non-hydrogen) atoms. The highest BCUT2D eigenvalue weighted by Gasteiger charge is 2.29. The van der Waals surface area contributed by atoms with Crippen molar-refractivity contribution in [3.05, 3.63) is 29.5 Å². The predicted molar refractivity (Wildman–Crippen MR) is 106 cm³/mol. The van der Waals surface area contributed by atoms with Crippen molar-refractivity contribution in [3.63, 3.8) is 0 Å². The number of nitrogens with zero attached hydrogens (tertiary/aromatic N) is 2. The summed E-state index contributed by atoms with van der Waals surface area (Å²) in [6.45, 7) is 4.10. The van der Waals surface area contributed by atoms with E-state index in [9.17, 15) is 9.90 Å². The van der Waals surface area contributed by atoms with Gasteiger partial charge < -0.3 is 15.7 Å². The molecule has 3 heterocycles. The van der Waals surface area contributed by atoms with E-state index in [1.807, 2.05) is 25.6 Å². The first-order valence-corrected chi connectivity index (χ1v) is 10.3. The molecule has 8 heteroatoms. The number of hydrogen-bond acceptors (Lipinski definition) is 7. The summed E-state index contributed by atoms with van der Waals surface area (Å²) < 4.78 is 0. The van der Waals surface area contributed by atoms with Gasteiger partial charge in [0.2, 0.25) is 0 Å². The molecule has 1 aliphatic carbocycles. The van der Waals surface area contributed by atoms with E-state index in [1.54, 1.807) is 28.9 Å². The summed E-state index contributed by atoms with van der Waals surface area (Å²) in [5.41, 5.74) is 3.17. The van der Waals surface area contributed by atoms with Crippen molar-refractivity contribution in [3.8, 4) is 9.75 Å². The van der Waals surface area contributed by atoms with Crippen LogP contribution in [0.1, 0.15) is 37.0 Å². The molecule has 3 aromatic rings. The Bertz CT molecular complexity index is 930. The number of pyridine rings is 1. The van der Waals surface area contributed by atoms with Crippen LogP contribution in [0.15, 0.2) is 24.0 Å². The van der Waals surface area contributed by atoms with Crippen molar-refractivity contribution < 1.29 is 9.90 Å². The Morgan fingerprint density at radius 3 is 2.77 bits per heavy atom. The van der Waals surface area contributed by atoms with Crippen molar-refractivity contribution in [1.82, 2.24) is 15.3 Å². The molecule has 0 unspecified atom stereocenters. The molecule has 0 bridgehead atoms. The highest BCUT2D eigenvalue weighted by atomic mass is 32.1. The first kappa shape index (κ1) is 17.4. The Hall–Kier alpha value is -2.03. The lowest BCUT2D eigenvalue weighted by atomic mass is 9.89. The number of nitrogens with one attached hydrogen (secondary N) is 2. The fourth-order valence-corrected chi connectivity index (χ4v) is 4.75. The number of carbonyl (C=O) groups is 1. The molecule has 4 rings (SSSR count). The molecule has 0 radical (unpaired) electrons. The number of rotatable bonds is 5.